The topological polar surface area (TPSA) is 66.6 Å². The second-order valence-corrected chi connectivity index (χ2v) is 10.6. The molecule has 7 nitrogen and oxygen atoms in total. The predicted molar refractivity (Wildman–Crippen MR) is 115 cm³/mol. The van der Waals surface area contributed by atoms with Crippen LogP contribution in [0.15, 0.2) is 6.33 Å². The number of thiophene rings is 1. The molecule has 1 aliphatic carbocycles. The molecule has 1 amide bonds. The molecule has 0 spiro atoms. The van der Waals surface area contributed by atoms with Crippen molar-refractivity contribution in [2.24, 2.45) is 11.3 Å². The highest BCUT2D eigenvalue weighted by Crippen LogP contribution is 2.43. The van der Waals surface area contributed by atoms with Crippen molar-refractivity contribution in [3.8, 4) is 0 Å². The zero-order chi connectivity index (χ0) is 20.3. The van der Waals surface area contributed by atoms with Crippen LogP contribution in [0.25, 0.3) is 15.9 Å². The van der Waals surface area contributed by atoms with Gasteiger partial charge in [0.2, 0.25) is 5.82 Å². The van der Waals surface area contributed by atoms with Crippen molar-refractivity contribution in [3.05, 3.63) is 22.6 Å². The number of likely N-dealkylation sites (N-methyl/N-ethyl adjacent to an activating group) is 1. The largest absolute Gasteiger partial charge is 0.333 e. The van der Waals surface area contributed by atoms with E-state index in [0.29, 0.717) is 11.3 Å². The fourth-order valence-corrected chi connectivity index (χ4v) is 5.82. The van der Waals surface area contributed by atoms with E-state index in [-0.39, 0.29) is 11.7 Å². The van der Waals surface area contributed by atoms with E-state index < -0.39 is 0 Å². The Morgan fingerprint density at radius 3 is 2.69 bits per heavy atom. The van der Waals surface area contributed by atoms with Crippen molar-refractivity contribution in [1.82, 2.24) is 29.4 Å². The standard InChI is InChI=1S/C21H28N6OS/c1-21(2,3)13-5-6-14-15(11-13)29-19-16(14)18-23-17(24-27(18)12-22-19)20(28)26-9-7-25(4)8-10-26/h12-13H,5-11H2,1-4H3/t13-/m1/s1. The first-order valence-electron chi connectivity index (χ1n) is 10.4. The number of piperazine rings is 1. The minimum absolute atomic E-state index is 0.0770. The number of nitrogens with zero attached hydrogens (tertiary/aromatic N) is 6. The molecular formula is C21H28N6OS. The first-order valence-corrected chi connectivity index (χ1v) is 11.3. The lowest BCUT2D eigenvalue weighted by Gasteiger charge is -2.33. The Hall–Kier alpha value is -2.06. The van der Waals surface area contributed by atoms with Gasteiger partial charge in [-0.05, 0) is 43.2 Å². The van der Waals surface area contributed by atoms with Gasteiger partial charge in [-0.25, -0.2) is 14.5 Å². The molecular weight excluding hydrogens is 384 g/mol. The minimum Gasteiger partial charge on any atom is -0.333 e. The summed E-state index contributed by atoms with van der Waals surface area (Å²) in [6, 6.07) is 0. The Morgan fingerprint density at radius 1 is 1.21 bits per heavy atom. The van der Waals surface area contributed by atoms with Crippen LogP contribution < -0.4 is 0 Å². The Labute approximate surface area is 174 Å². The molecule has 1 atom stereocenters. The molecule has 8 heteroatoms. The Morgan fingerprint density at radius 2 is 1.97 bits per heavy atom. The van der Waals surface area contributed by atoms with Crippen LogP contribution in [0.4, 0.5) is 0 Å². The number of amides is 1. The van der Waals surface area contributed by atoms with E-state index in [4.69, 9.17) is 4.98 Å². The molecule has 0 aromatic carbocycles. The molecule has 0 N–H and O–H groups in total. The molecule has 29 heavy (non-hydrogen) atoms. The highest BCUT2D eigenvalue weighted by atomic mass is 32.1. The lowest BCUT2D eigenvalue weighted by atomic mass is 9.72. The SMILES string of the molecule is CN1CCN(C(=O)c2nc3c4c5c(sc4ncn3n2)C[C@H](C(C)(C)C)CC5)CC1. The van der Waals surface area contributed by atoms with Gasteiger partial charge in [0.15, 0.2) is 5.65 Å². The molecule has 0 bridgehead atoms. The summed E-state index contributed by atoms with van der Waals surface area (Å²) in [4.78, 5) is 28.8. The number of carbonyl (C=O) groups excluding carboxylic acids is 1. The zero-order valence-electron chi connectivity index (χ0n) is 17.6. The van der Waals surface area contributed by atoms with Crippen molar-refractivity contribution < 1.29 is 4.79 Å². The average molecular weight is 413 g/mol. The van der Waals surface area contributed by atoms with Crippen LogP contribution in [0.2, 0.25) is 0 Å². The van der Waals surface area contributed by atoms with Crippen molar-refractivity contribution in [2.75, 3.05) is 33.2 Å². The van der Waals surface area contributed by atoms with Crippen molar-refractivity contribution >= 4 is 33.1 Å². The third-order valence-electron chi connectivity index (χ3n) is 6.59. The van der Waals surface area contributed by atoms with Crippen LogP contribution in [-0.4, -0.2) is 68.5 Å². The van der Waals surface area contributed by atoms with Crippen LogP contribution in [0, 0.1) is 11.3 Å². The summed E-state index contributed by atoms with van der Waals surface area (Å²) in [5, 5.41) is 5.58. The van der Waals surface area contributed by atoms with Gasteiger partial charge < -0.3 is 9.80 Å². The molecule has 5 rings (SSSR count). The molecule has 3 aromatic rings. The van der Waals surface area contributed by atoms with Gasteiger partial charge in [-0.2, -0.15) is 0 Å². The fourth-order valence-electron chi connectivity index (χ4n) is 4.56. The number of aromatic nitrogens is 4. The second kappa shape index (κ2) is 6.74. The van der Waals surface area contributed by atoms with Crippen molar-refractivity contribution in [3.63, 3.8) is 0 Å². The summed E-state index contributed by atoms with van der Waals surface area (Å²) in [6.45, 7) is 10.2. The third-order valence-corrected chi connectivity index (χ3v) is 7.75. The maximum absolute atomic E-state index is 12.9. The monoisotopic (exact) mass is 412 g/mol. The molecule has 1 aliphatic heterocycles. The molecule has 0 unspecified atom stereocenters. The molecule has 1 fully saturated rings. The van der Waals surface area contributed by atoms with E-state index in [1.807, 2.05) is 4.90 Å². The van der Waals surface area contributed by atoms with Gasteiger partial charge in [-0.3, -0.25) is 4.79 Å². The molecule has 1 saturated heterocycles. The quantitative estimate of drug-likeness (QED) is 0.615. The number of fused-ring (bicyclic) bond motifs is 5. The maximum Gasteiger partial charge on any atom is 0.293 e. The van der Waals surface area contributed by atoms with E-state index in [9.17, 15) is 4.79 Å². The predicted octanol–water partition coefficient (Wildman–Crippen LogP) is 2.88. The maximum atomic E-state index is 12.9. The highest BCUT2D eigenvalue weighted by molar-refractivity contribution is 7.19. The van der Waals surface area contributed by atoms with Gasteiger partial charge >= 0.3 is 0 Å². The zero-order valence-corrected chi connectivity index (χ0v) is 18.4. The average Bonchev–Trinajstić information content (AvgIpc) is 3.27. The molecule has 3 aromatic heterocycles. The van der Waals surface area contributed by atoms with E-state index >= 15 is 0 Å². The smallest absolute Gasteiger partial charge is 0.293 e. The minimum atomic E-state index is -0.0770. The summed E-state index contributed by atoms with van der Waals surface area (Å²) in [6.07, 6.45) is 5.04. The Kier molecular flexibility index (Phi) is 4.40. The molecule has 4 heterocycles. The number of rotatable bonds is 1. The molecule has 0 saturated carbocycles. The first-order chi connectivity index (χ1) is 13.8. The summed E-state index contributed by atoms with van der Waals surface area (Å²) in [5.41, 5.74) is 2.46. The van der Waals surface area contributed by atoms with E-state index in [2.05, 4.69) is 42.8 Å². The van der Waals surface area contributed by atoms with Gasteiger partial charge in [0.1, 0.15) is 11.2 Å². The van der Waals surface area contributed by atoms with Gasteiger partial charge in [-0.15, -0.1) is 16.4 Å². The van der Waals surface area contributed by atoms with Gasteiger partial charge in [0, 0.05) is 31.1 Å². The van der Waals surface area contributed by atoms with Crippen LogP contribution >= 0.6 is 11.3 Å². The lowest BCUT2D eigenvalue weighted by Crippen LogP contribution is -2.47. The van der Waals surface area contributed by atoms with Gasteiger partial charge in [0.05, 0.1) is 5.39 Å². The third kappa shape index (κ3) is 3.22. The van der Waals surface area contributed by atoms with Crippen LogP contribution in [-0.2, 0) is 12.8 Å². The highest BCUT2D eigenvalue weighted by Gasteiger charge is 2.32. The molecule has 154 valence electrons. The van der Waals surface area contributed by atoms with Crippen LogP contribution in [0.1, 0.15) is 48.3 Å². The number of carbonyl (C=O) groups is 1. The summed E-state index contributed by atoms with van der Waals surface area (Å²) >= 11 is 1.79. The summed E-state index contributed by atoms with van der Waals surface area (Å²) in [7, 11) is 2.08. The Balaban J connectivity index is 1.53. The van der Waals surface area contributed by atoms with Crippen molar-refractivity contribution in [2.45, 2.75) is 40.0 Å². The van der Waals surface area contributed by atoms with Crippen molar-refractivity contribution in [1.29, 1.82) is 0 Å². The second-order valence-electron chi connectivity index (χ2n) is 9.53. The molecule has 0 radical (unpaired) electrons. The summed E-state index contributed by atoms with van der Waals surface area (Å²) < 4.78 is 1.69. The summed E-state index contributed by atoms with van der Waals surface area (Å²) in [5.74, 6) is 0.894. The van der Waals surface area contributed by atoms with E-state index in [1.54, 1.807) is 22.2 Å². The van der Waals surface area contributed by atoms with Gasteiger partial charge in [0.25, 0.3) is 5.91 Å². The molecule has 2 aliphatic rings. The van der Waals surface area contributed by atoms with Crippen LogP contribution in [0.3, 0.4) is 0 Å². The lowest BCUT2D eigenvalue weighted by molar-refractivity contribution is 0.0652. The van der Waals surface area contributed by atoms with E-state index in [0.717, 1.165) is 54.9 Å². The Bertz CT molecular complexity index is 1090. The normalized spacial score (nSPS) is 21.1. The van der Waals surface area contributed by atoms with E-state index in [1.165, 1.54) is 16.9 Å². The fraction of sp³-hybridized carbons (Fsp3) is 0.619. The number of hydrogen-bond donors (Lipinski definition) is 0. The first kappa shape index (κ1) is 18.9. The van der Waals surface area contributed by atoms with Gasteiger partial charge in [-0.1, -0.05) is 20.8 Å². The number of hydrogen-bond acceptors (Lipinski definition) is 6. The van der Waals surface area contributed by atoms with Crippen LogP contribution in [0.5, 0.6) is 0 Å². The number of aryl methyl sites for hydroxylation is 1.